The number of amides is 1. The lowest BCUT2D eigenvalue weighted by molar-refractivity contribution is 0.0917. The molecule has 2 unspecified atom stereocenters. The molecule has 0 saturated carbocycles. The van der Waals surface area contributed by atoms with Crippen molar-refractivity contribution in [3.8, 4) is 0 Å². The zero-order valence-electron chi connectivity index (χ0n) is 9.90. The number of aliphatic hydroxyl groups excluding tert-OH is 1. The maximum absolute atomic E-state index is 12.8. The predicted molar refractivity (Wildman–Crippen MR) is 64.0 cm³/mol. The summed E-state index contributed by atoms with van der Waals surface area (Å²) in [6.45, 7) is 3.60. The van der Waals surface area contributed by atoms with E-state index in [0.717, 1.165) is 6.07 Å². The van der Waals surface area contributed by atoms with Crippen LogP contribution in [0.4, 0.5) is 10.1 Å². The summed E-state index contributed by atoms with van der Waals surface area (Å²) in [4.78, 5) is 11.8. The van der Waals surface area contributed by atoms with Crippen LogP contribution in [0.15, 0.2) is 18.2 Å². The second-order valence-electron chi connectivity index (χ2n) is 4.15. The zero-order valence-corrected chi connectivity index (χ0v) is 9.90. The van der Waals surface area contributed by atoms with Crippen LogP contribution in [0.1, 0.15) is 24.2 Å². The van der Waals surface area contributed by atoms with Gasteiger partial charge in [-0.15, -0.1) is 0 Å². The molecule has 0 radical (unpaired) electrons. The minimum absolute atomic E-state index is 0.0135. The third-order valence-electron chi connectivity index (χ3n) is 2.76. The summed E-state index contributed by atoms with van der Waals surface area (Å²) in [7, 11) is 0. The minimum atomic E-state index is -0.476. The van der Waals surface area contributed by atoms with Crippen molar-refractivity contribution < 1.29 is 14.3 Å². The second-order valence-corrected chi connectivity index (χ2v) is 4.15. The molecule has 5 heteroatoms. The molecule has 4 nitrogen and oxygen atoms in total. The molecule has 17 heavy (non-hydrogen) atoms. The Morgan fingerprint density at radius 1 is 1.53 bits per heavy atom. The van der Waals surface area contributed by atoms with Crippen molar-refractivity contribution in [1.29, 1.82) is 0 Å². The van der Waals surface area contributed by atoms with Gasteiger partial charge in [0.05, 0.1) is 5.56 Å². The monoisotopic (exact) mass is 240 g/mol. The lowest BCUT2D eigenvalue weighted by Gasteiger charge is -2.19. The van der Waals surface area contributed by atoms with E-state index >= 15 is 0 Å². The fraction of sp³-hybridized carbons (Fsp3) is 0.417. The number of halogens is 1. The van der Waals surface area contributed by atoms with E-state index in [-0.39, 0.29) is 35.7 Å². The lowest BCUT2D eigenvalue weighted by Crippen LogP contribution is -2.38. The Balaban J connectivity index is 2.76. The van der Waals surface area contributed by atoms with E-state index in [2.05, 4.69) is 5.32 Å². The van der Waals surface area contributed by atoms with Crippen molar-refractivity contribution in [2.75, 3.05) is 12.3 Å². The summed E-state index contributed by atoms with van der Waals surface area (Å²) in [5, 5.41) is 11.7. The highest BCUT2D eigenvalue weighted by Crippen LogP contribution is 2.14. The van der Waals surface area contributed by atoms with Crippen LogP contribution in [0.5, 0.6) is 0 Å². The molecule has 4 N–H and O–H groups in total. The van der Waals surface area contributed by atoms with E-state index in [9.17, 15) is 9.18 Å². The first-order chi connectivity index (χ1) is 7.95. The molecule has 0 aliphatic carbocycles. The van der Waals surface area contributed by atoms with E-state index < -0.39 is 5.82 Å². The molecule has 0 bridgehead atoms. The number of nitrogens with two attached hydrogens (primary N) is 1. The van der Waals surface area contributed by atoms with Gasteiger partial charge in [0.1, 0.15) is 5.82 Å². The largest absolute Gasteiger partial charge is 0.398 e. The number of aliphatic hydroxyl groups is 1. The number of hydrogen-bond acceptors (Lipinski definition) is 3. The van der Waals surface area contributed by atoms with Gasteiger partial charge in [-0.3, -0.25) is 4.79 Å². The summed E-state index contributed by atoms with van der Waals surface area (Å²) < 4.78 is 12.8. The van der Waals surface area contributed by atoms with E-state index in [1.54, 1.807) is 6.92 Å². The summed E-state index contributed by atoms with van der Waals surface area (Å²) in [5.74, 6) is -0.897. The molecule has 1 aromatic rings. The minimum Gasteiger partial charge on any atom is -0.398 e. The Morgan fingerprint density at radius 2 is 2.18 bits per heavy atom. The summed E-state index contributed by atoms with van der Waals surface area (Å²) in [5.41, 5.74) is 5.90. The number of hydrogen-bond donors (Lipinski definition) is 3. The van der Waals surface area contributed by atoms with Crippen LogP contribution < -0.4 is 11.1 Å². The fourth-order valence-corrected chi connectivity index (χ4v) is 1.33. The van der Waals surface area contributed by atoms with E-state index in [0.29, 0.717) is 0 Å². The molecular formula is C12H17FN2O2. The van der Waals surface area contributed by atoms with E-state index in [1.807, 2.05) is 6.92 Å². The predicted octanol–water partition coefficient (Wildman–Crippen LogP) is 1.15. The number of anilines is 1. The lowest BCUT2D eigenvalue weighted by atomic mass is 10.0. The molecule has 1 rings (SSSR count). The van der Waals surface area contributed by atoms with Crippen molar-refractivity contribution >= 4 is 11.6 Å². The third kappa shape index (κ3) is 3.42. The van der Waals surface area contributed by atoms with Crippen molar-refractivity contribution in [3.63, 3.8) is 0 Å². The van der Waals surface area contributed by atoms with Crippen LogP contribution in [-0.4, -0.2) is 23.7 Å². The molecule has 0 aromatic heterocycles. The van der Waals surface area contributed by atoms with E-state index in [4.69, 9.17) is 10.8 Å². The van der Waals surface area contributed by atoms with Crippen LogP contribution in [-0.2, 0) is 0 Å². The highest BCUT2D eigenvalue weighted by molar-refractivity contribution is 5.99. The standard InChI is InChI=1S/C12H17FN2O2/c1-7(6-16)8(2)15-12(17)10-4-3-9(13)5-11(10)14/h3-5,7-8,16H,6,14H2,1-2H3,(H,15,17). The normalized spacial score (nSPS) is 14.1. The summed E-state index contributed by atoms with van der Waals surface area (Å²) in [6.07, 6.45) is 0. The first-order valence-electron chi connectivity index (χ1n) is 5.42. The molecule has 94 valence electrons. The Hall–Kier alpha value is -1.62. The van der Waals surface area contributed by atoms with Gasteiger partial charge in [-0.2, -0.15) is 0 Å². The van der Waals surface area contributed by atoms with E-state index in [1.165, 1.54) is 12.1 Å². The summed E-state index contributed by atoms with van der Waals surface area (Å²) >= 11 is 0. The molecule has 0 aliphatic heterocycles. The zero-order chi connectivity index (χ0) is 13.0. The van der Waals surface area contributed by atoms with Gasteiger partial charge in [-0.1, -0.05) is 6.92 Å². The maximum atomic E-state index is 12.8. The van der Waals surface area contributed by atoms with Gasteiger partial charge in [0.2, 0.25) is 0 Å². The maximum Gasteiger partial charge on any atom is 0.253 e. The van der Waals surface area contributed by atoms with Gasteiger partial charge < -0.3 is 16.2 Å². The molecule has 0 spiro atoms. The van der Waals surface area contributed by atoms with Crippen LogP contribution >= 0.6 is 0 Å². The average Bonchev–Trinajstić information content (AvgIpc) is 2.27. The first-order valence-corrected chi connectivity index (χ1v) is 5.42. The number of benzene rings is 1. The SMILES string of the molecule is CC(CO)C(C)NC(=O)c1ccc(F)cc1N. The number of carbonyl (C=O) groups excluding carboxylic acids is 1. The Bertz CT molecular complexity index is 409. The summed E-state index contributed by atoms with van der Waals surface area (Å²) in [6, 6.07) is 3.45. The quantitative estimate of drug-likeness (QED) is 0.691. The molecule has 0 saturated heterocycles. The highest BCUT2D eigenvalue weighted by Gasteiger charge is 2.16. The number of nitrogens with one attached hydrogen (secondary N) is 1. The van der Waals surface area contributed by atoms with Gasteiger partial charge in [-0.25, -0.2) is 4.39 Å². The Kier molecular flexibility index (Phi) is 4.45. The van der Waals surface area contributed by atoms with Gasteiger partial charge in [0.15, 0.2) is 0 Å². The Morgan fingerprint density at radius 3 is 2.71 bits per heavy atom. The second kappa shape index (κ2) is 5.63. The smallest absolute Gasteiger partial charge is 0.253 e. The van der Waals surface area contributed by atoms with Crippen molar-refractivity contribution in [3.05, 3.63) is 29.6 Å². The van der Waals surface area contributed by atoms with Gasteiger partial charge >= 0.3 is 0 Å². The molecule has 0 heterocycles. The number of rotatable bonds is 4. The van der Waals surface area contributed by atoms with Crippen molar-refractivity contribution in [2.45, 2.75) is 19.9 Å². The molecule has 1 aromatic carbocycles. The van der Waals surface area contributed by atoms with Gasteiger partial charge in [-0.05, 0) is 31.0 Å². The average molecular weight is 240 g/mol. The van der Waals surface area contributed by atoms with Crippen LogP contribution in [0.25, 0.3) is 0 Å². The number of carbonyl (C=O) groups is 1. The van der Waals surface area contributed by atoms with Gasteiger partial charge in [0.25, 0.3) is 5.91 Å². The molecule has 0 fully saturated rings. The first kappa shape index (κ1) is 13.4. The van der Waals surface area contributed by atoms with Crippen LogP contribution in [0.2, 0.25) is 0 Å². The van der Waals surface area contributed by atoms with Crippen LogP contribution in [0.3, 0.4) is 0 Å². The van der Waals surface area contributed by atoms with Gasteiger partial charge in [0, 0.05) is 18.3 Å². The number of nitrogen functional groups attached to an aromatic ring is 1. The fourth-order valence-electron chi connectivity index (χ4n) is 1.33. The Labute approximate surface area is 99.6 Å². The molecule has 1 amide bonds. The third-order valence-corrected chi connectivity index (χ3v) is 2.76. The molecular weight excluding hydrogens is 223 g/mol. The molecule has 2 atom stereocenters. The van der Waals surface area contributed by atoms with Crippen molar-refractivity contribution in [2.24, 2.45) is 5.92 Å². The van der Waals surface area contributed by atoms with Crippen molar-refractivity contribution in [1.82, 2.24) is 5.32 Å². The molecule has 0 aliphatic rings. The topological polar surface area (TPSA) is 75.3 Å². The van der Waals surface area contributed by atoms with Crippen LogP contribution in [0, 0.1) is 11.7 Å². The highest BCUT2D eigenvalue weighted by atomic mass is 19.1.